The Balaban J connectivity index is 1.68. The van der Waals surface area contributed by atoms with Gasteiger partial charge in [0.1, 0.15) is 5.52 Å². The first-order valence-electron chi connectivity index (χ1n) is 11.4. The van der Waals surface area contributed by atoms with E-state index in [0.717, 1.165) is 30.3 Å². The SMILES string of the molecule is CC#CCn1c(N2CCCC(N)C2)nc2c(=O)n(C)n(Cc3ccc4ccccc4n3)c(=O)c21. The number of nitrogens with zero attached hydrogens (tertiary/aromatic N) is 6. The second-order valence-corrected chi connectivity index (χ2v) is 8.66. The maximum Gasteiger partial charge on any atom is 0.293 e. The predicted octanol–water partition coefficient (Wildman–Crippen LogP) is 1.44. The summed E-state index contributed by atoms with van der Waals surface area (Å²) >= 11 is 0. The van der Waals surface area contributed by atoms with Crippen LogP contribution in [0.5, 0.6) is 0 Å². The minimum atomic E-state index is -0.332. The molecule has 2 N–H and O–H groups in total. The monoisotopic (exact) mass is 457 g/mol. The molecule has 0 bridgehead atoms. The Morgan fingerprint density at radius 2 is 1.94 bits per heavy atom. The van der Waals surface area contributed by atoms with Crippen LogP contribution in [0.3, 0.4) is 0 Å². The number of pyridine rings is 1. The zero-order valence-corrected chi connectivity index (χ0v) is 19.4. The highest BCUT2D eigenvalue weighted by Gasteiger charge is 2.26. The van der Waals surface area contributed by atoms with E-state index in [4.69, 9.17) is 5.73 Å². The lowest BCUT2D eigenvalue weighted by Crippen LogP contribution is -2.44. The lowest BCUT2D eigenvalue weighted by atomic mass is 10.1. The van der Waals surface area contributed by atoms with Crippen LogP contribution in [0, 0.1) is 11.8 Å². The fraction of sp³-hybridized carbons (Fsp3) is 0.360. The van der Waals surface area contributed by atoms with E-state index in [0.29, 0.717) is 18.2 Å². The Morgan fingerprint density at radius 1 is 1.12 bits per heavy atom. The molecule has 174 valence electrons. The maximum atomic E-state index is 13.7. The second-order valence-electron chi connectivity index (χ2n) is 8.66. The van der Waals surface area contributed by atoms with Crippen molar-refractivity contribution in [2.24, 2.45) is 12.8 Å². The van der Waals surface area contributed by atoms with Gasteiger partial charge in [0.15, 0.2) is 5.52 Å². The molecule has 1 aliphatic rings. The van der Waals surface area contributed by atoms with Crippen molar-refractivity contribution >= 4 is 27.9 Å². The number of aromatic nitrogens is 5. The molecule has 4 heterocycles. The number of fused-ring (bicyclic) bond motifs is 2. The minimum absolute atomic E-state index is 0.0257. The molecule has 0 spiro atoms. The Morgan fingerprint density at radius 3 is 2.74 bits per heavy atom. The van der Waals surface area contributed by atoms with E-state index in [-0.39, 0.29) is 41.3 Å². The van der Waals surface area contributed by atoms with Crippen LogP contribution in [0.1, 0.15) is 25.5 Å². The van der Waals surface area contributed by atoms with Gasteiger partial charge >= 0.3 is 0 Å². The van der Waals surface area contributed by atoms with Crippen molar-refractivity contribution in [3.05, 3.63) is 62.8 Å². The summed E-state index contributed by atoms with van der Waals surface area (Å²) in [6, 6.07) is 11.7. The van der Waals surface area contributed by atoms with Crippen LogP contribution in [0.2, 0.25) is 0 Å². The van der Waals surface area contributed by atoms with Gasteiger partial charge in [-0.3, -0.25) is 19.1 Å². The Labute approximate surface area is 196 Å². The molecular formula is C25H27N7O2. The highest BCUT2D eigenvalue weighted by Crippen LogP contribution is 2.22. The van der Waals surface area contributed by atoms with Gasteiger partial charge in [-0.2, -0.15) is 0 Å². The number of nitrogens with two attached hydrogens (primary N) is 1. The first-order valence-corrected chi connectivity index (χ1v) is 11.4. The van der Waals surface area contributed by atoms with E-state index in [2.05, 4.69) is 26.7 Å². The molecule has 0 saturated carbocycles. The Bertz CT molecular complexity index is 1570. The number of hydrogen-bond acceptors (Lipinski definition) is 6. The summed E-state index contributed by atoms with van der Waals surface area (Å²) in [5.41, 5.74) is 7.51. The summed E-state index contributed by atoms with van der Waals surface area (Å²) in [6.07, 6.45) is 1.87. The smallest absolute Gasteiger partial charge is 0.293 e. The van der Waals surface area contributed by atoms with Gasteiger partial charge in [-0.1, -0.05) is 30.2 Å². The fourth-order valence-corrected chi connectivity index (χ4v) is 4.60. The zero-order valence-electron chi connectivity index (χ0n) is 19.4. The number of hydrogen-bond donors (Lipinski definition) is 1. The van der Waals surface area contributed by atoms with Gasteiger partial charge in [0, 0.05) is 31.6 Å². The first-order chi connectivity index (χ1) is 16.5. The quantitative estimate of drug-likeness (QED) is 0.465. The molecule has 34 heavy (non-hydrogen) atoms. The number of piperidine rings is 1. The molecule has 5 rings (SSSR count). The van der Waals surface area contributed by atoms with Crippen LogP contribution in [-0.4, -0.2) is 43.0 Å². The minimum Gasteiger partial charge on any atom is -0.341 e. The van der Waals surface area contributed by atoms with Gasteiger partial charge in [0.25, 0.3) is 11.1 Å². The van der Waals surface area contributed by atoms with Crippen LogP contribution >= 0.6 is 0 Å². The number of anilines is 1. The highest BCUT2D eigenvalue weighted by atomic mass is 16.2. The van der Waals surface area contributed by atoms with Crippen molar-refractivity contribution in [1.29, 1.82) is 0 Å². The summed E-state index contributed by atoms with van der Waals surface area (Å²) in [7, 11) is 1.59. The van der Waals surface area contributed by atoms with Gasteiger partial charge in [0.2, 0.25) is 5.95 Å². The van der Waals surface area contributed by atoms with Crippen LogP contribution in [0.15, 0.2) is 46.0 Å². The van der Waals surface area contributed by atoms with Gasteiger partial charge in [-0.25, -0.2) is 14.3 Å². The summed E-state index contributed by atoms with van der Waals surface area (Å²) in [5, 5.41) is 1.02. The highest BCUT2D eigenvalue weighted by molar-refractivity contribution is 5.79. The molecule has 0 amide bonds. The van der Waals surface area contributed by atoms with E-state index in [1.165, 1.54) is 9.36 Å². The van der Waals surface area contributed by atoms with E-state index in [9.17, 15) is 9.59 Å². The molecular weight excluding hydrogens is 430 g/mol. The molecule has 4 aromatic rings. The molecule has 1 aliphatic heterocycles. The normalized spacial score (nSPS) is 16.1. The average molecular weight is 458 g/mol. The summed E-state index contributed by atoms with van der Waals surface area (Å²) in [5.74, 6) is 6.49. The third kappa shape index (κ3) is 3.76. The summed E-state index contributed by atoms with van der Waals surface area (Å²) in [6.45, 7) is 3.58. The lowest BCUT2D eigenvalue weighted by Gasteiger charge is -2.31. The molecule has 0 radical (unpaired) electrons. The Kier molecular flexibility index (Phi) is 5.67. The van der Waals surface area contributed by atoms with Crippen molar-refractivity contribution in [3.8, 4) is 11.8 Å². The van der Waals surface area contributed by atoms with Crippen LogP contribution in [0.25, 0.3) is 21.9 Å². The van der Waals surface area contributed by atoms with Crippen LogP contribution < -0.4 is 21.8 Å². The topological polar surface area (TPSA) is 104 Å². The first kappa shape index (κ1) is 21.9. The molecule has 1 aromatic carbocycles. The predicted molar refractivity (Wildman–Crippen MR) is 133 cm³/mol. The standard InChI is InChI=1S/C25H27N7O2/c1-3-4-14-31-22-21(28-25(31)30-13-7-9-18(26)15-30)23(33)29(2)32(24(22)34)16-19-12-11-17-8-5-6-10-20(17)27-19/h5-6,8,10-12,18H,7,9,13-16,26H2,1-2H3. The molecule has 1 saturated heterocycles. The molecule has 1 unspecified atom stereocenters. The van der Waals surface area contributed by atoms with Gasteiger partial charge in [-0.15, -0.1) is 5.92 Å². The van der Waals surface area contributed by atoms with Crippen molar-refractivity contribution < 1.29 is 0 Å². The Hall–Kier alpha value is -3.90. The van der Waals surface area contributed by atoms with Crippen LogP contribution in [-0.2, 0) is 20.1 Å². The largest absolute Gasteiger partial charge is 0.341 e. The molecule has 0 aliphatic carbocycles. The van der Waals surface area contributed by atoms with Crippen LogP contribution in [0.4, 0.5) is 5.95 Å². The zero-order chi connectivity index (χ0) is 23.8. The number of imidazole rings is 1. The molecule has 1 fully saturated rings. The molecule has 9 nitrogen and oxygen atoms in total. The van der Waals surface area contributed by atoms with Crippen molar-refractivity contribution in [2.45, 2.75) is 38.9 Å². The van der Waals surface area contributed by atoms with Crippen molar-refractivity contribution in [3.63, 3.8) is 0 Å². The van der Waals surface area contributed by atoms with E-state index < -0.39 is 0 Å². The van der Waals surface area contributed by atoms with Gasteiger partial charge in [0.05, 0.1) is 24.3 Å². The van der Waals surface area contributed by atoms with Gasteiger partial charge in [-0.05, 0) is 31.9 Å². The van der Waals surface area contributed by atoms with E-state index in [1.54, 1.807) is 18.5 Å². The third-order valence-electron chi connectivity index (χ3n) is 6.37. The lowest BCUT2D eigenvalue weighted by molar-refractivity contribution is 0.494. The molecule has 9 heteroatoms. The van der Waals surface area contributed by atoms with Crippen molar-refractivity contribution in [1.82, 2.24) is 23.9 Å². The number of rotatable bonds is 4. The van der Waals surface area contributed by atoms with Gasteiger partial charge < -0.3 is 10.6 Å². The summed E-state index contributed by atoms with van der Waals surface area (Å²) in [4.78, 5) is 38.4. The second kappa shape index (κ2) is 8.80. The summed E-state index contributed by atoms with van der Waals surface area (Å²) < 4.78 is 4.51. The number of benzene rings is 1. The number of para-hydroxylation sites is 1. The third-order valence-corrected chi connectivity index (χ3v) is 6.37. The fourth-order valence-electron chi connectivity index (χ4n) is 4.60. The maximum absolute atomic E-state index is 13.7. The van der Waals surface area contributed by atoms with E-state index in [1.807, 2.05) is 36.4 Å². The van der Waals surface area contributed by atoms with Crippen molar-refractivity contribution in [2.75, 3.05) is 18.0 Å². The molecule has 3 aromatic heterocycles. The van der Waals surface area contributed by atoms with E-state index >= 15 is 0 Å². The average Bonchev–Trinajstić information content (AvgIpc) is 3.23. The molecule has 1 atom stereocenters.